The van der Waals surface area contributed by atoms with Crippen LogP contribution in [0.1, 0.15) is 61.2 Å². The Kier molecular flexibility index (Phi) is 4.88. The van der Waals surface area contributed by atoms with E-state index < -0.39 is 0 Å². The zero-order chi connectivity index (χ0) is 17.1. The Morgan fingerprint density at radius 1 is 1.29 bits per heavy atom. The van der Waals surface area contributed by atoms with Crippen molar-refractivity contribution in [1.82, 2.24) is 4.98 Å². The number of aromatic nitrogens is 1. The van der Waals surface area contributed by atoms with Crippen LogP contribution < -0.4 is 9.64 Å². The summed E-state index contributed by atoms with van der Waals surface area (Å²) in [7, 11) is 0. The van der Waals surface area contributed by atoms with Crippen LogP contribution in [0.3, 0.4) is 0 Å². The Morgan fingerprint density at radius 3 is 2.54 bits per heavy atom. The van der Waals surface area contributed by atoms with E-state index >= 15 is 0 Å². The minimum Gasteiger partial charge on any atom is -0.494 e. The summed E-state index contributed by atoms with van der Waals surface area (Å²) < 4.78 is 11.2. The Labute approximate surface area is 142 Å². The van der Waals surface area contributed by atoms with Gasteiger partial charge in [-0.1, -0.05) is 6.42 Å². The van der Waals surface area contributed by atoms with E-state index in [-0.39, 0.29) is 5.91 Å². The first-order valence-corrected chi connectivity index (χ1v) is 8.66. The van der Waals surface area contributed by atoms with Crippen molar-refractivity contribution >= 4 is 11.6 Å². The molecule has 0 saturated heterocycles. The summed E-state index contributed by atoms with van der Waals surface area (Å²) in [5, 5.41) is 0. The molecule has 1 aliphatic rings. The molecule has 1 fully saturated rings. The first kappa shape index (κ1) is 16.6. The van der Waals surface area contributed by atoms with Crippen molar-refractivity contribution < 1.29 is 13.9 Å². The highest BCUT2D eigenvalue weighted by Gasteiger charge is 2.29. The standard InChI is InChI=1S/C19H24N2O3/c1-4-21(15-9-11-16(12-10-15)23-5-2)19(22)17-13(3)24-18(20-17)14-7-6-8-14/h9-12,14H,4-8H2,1-3H3. The zero-order valence-corrected chi connectivity index (χ0v) is 14.5. The Hall–Kier alpha value is -2.30. The van der Waals surface area contributed by atoms with Gasteiger partial charge >= 0.3 is 0 Å². The van der Waals surface area contributed by atoms with Gasteiger partial charge in [0.1, 0.15) is 11.5 Å². The third kappa shape index (κ3) is 3.16. The molecule has 0 spiro atoms. The quantitative estimate of drug-likeness (QED) is 0.792. The van der Waals surface area contributed by atoms with Gasteiger partial charge in [0.2, 0.25) is 0 Å². The Balaban J connectivity index is 1.82. The summed E-state index contributed by atoms with van der Waals surface area (Å²) in [5.41, 5.74) is 1.26. The van der Waals surface area contributed by atoms with Crippen molar-refractivity contribution in [2.45, 2.75) is 46.0 Å². The summed E-state index contributed by atoms with van der Waals surface area (Å²) in [6.45, 7) is 6.91. The van der Waals surface area contributed by atoms with Crippen molar-refractivity contribution in [3.8, 4) is 5.75 Å². The van der Waals surface area contributed by atoms with Crippen molar-refractivity contribution in [3.63, 3.8) is 0 Å². The van der Waals surface area contributed by atoms with Gasteiger partial charge in [0.15, 0.2) is 11.6 Å². The molecule has 0 aliphatic heterocycles. The maximum atomic E-state index is 12.9. The van der Waals surface area contributed by atoms with E-state index in [1.54, 1.807) is 4.90 Å². The molecule has 2 aromatic rings. The lowest BCUT2D eigenvalue weighted by molar-refractivity contribution is 0.0982. The number of ether oxygens (including phenoxy) is 1. The number of rotatable bonds is 6. The van der Waals surface area contributed by atoms with Crippen molar-refractivity contribution in [2.75, 3.05) is 18.1 Å². The van der Waals surface area contributed by atoms with Crippen LogP contribution in [0.2, 0.25) is 0 Å². The second kappa shape index (κ2) is 7.07. The molecule has 24 heavy (non-hydrogen) atoms. The molecule has 0 radical (unpaired) electrons. The zero-order valence-electron chi connectivity index (χ0n) is 14.5. The number of nitrogens with zero attached hydrogens (tertiary/aromatic N) is 2. The molecule has 128 valence electrons. The molecule has 5 heteroatoms. The number of amides is 1. The van der Waals surface area contributed by atoms with E-state index in [1.807, 2.05) is 45.0 Å². The van der Waals surface area contributed by atoms with Gasteiger partial charge in [-0.15, -0.1) is 0 Å². The molecule has 1 saturated carbocycles. The molecule has 0 N–H and O–H groups in total. The average Bonchev–Trinajstić information content (AvgIpc) is 2.89. The van der Waals surface area contributed by atoms with Gasteiger partial charge in [-0.25, -0.2) is 4.98 Å². The van der Waals surface area contributed by atoms with Crippen LogP contribution in [-0.2, 0) is 0 Å². The van der Waals surface area contributed by atoms with Crippen LogP contribution in [0, 0.1) is 6.92 Å². The van der Waals surface area contributed by atoms with E-state index in [0.717, 1.165) is 24.3 Å². The number of aryl methyl sites for hydroxylation is 1. The van der Waals surface area contributed by atoms with E-state index in [4.69, 9.17) is 9.15 Å². The fourth-order valence-corrected chi connectivity index (χ4v) is 2.91. The van der Waals surface area contributed by atoms with Gasteiger partial charge in [0, 0.05) is 18.2 Å². The second-order valence-electron chi connectivity index (χ2n) is 6.06. The molecule has 5 nitrogen and oxygen atoms in total. The van der Waals surface area contributed by atoms with Crippen LogP contribution >= 0.6 is 0 Å². The van der Waals surface area contributed by atoms with E-state index in [2.05, 4.69) is 4.98 Å². The van der Waals surface area contributed by atoms with Crippen molar-refractivity contribution in [3.05, 3.63) is 41.6 Å². The highest BCUT2D eigenvalue weighted by molar-refractivity contribution is 6.05. The molecule has 0 bridgehead atoms. The normalized spacial score (nSPS) is 14.3. The van der Waals surface area contributed by atoms with Crippen LogP contribution in [0.15, 0.2) is 28.7 Å². The highest BCUT2D eigenvalue weighted by atomic mass is 16.5. The third-order valence-corrected chi connectivity index (χ3v) is 4.49. The van der Waals surface area contributed by atoms with Crippen LogP contribution in [0.5, 0.6) is 5.75 Å². The lowest BCUT2D eigenvalue weighted by atomic mass is 9.85. The minimum atomic E-state index is -0.117. The third-order valence-electron chi connectivity index (χ3n) is 4.49. The summed E-state index contributed by atoms with van der Waals surface area (Å²) >= 11 is 0. The molecule has 1 aliphatic carbocycles. The maximum absolute atomic E-state index is 12.9. The maximum Gasteiger partial charge on any atom is 0.280 e. The fourth-order valence-electron chi connectivity index (χ4n) is 2.91. The van der Waals surface area contributed by atoms with Gasteiger partial charge < -0.3 is 14.1 Å². The van der Waals surface area contributed by atoms with Crippen LogP contribution in [-0.4, -0.2) is 24.0 Å². The summed E-state index contributed by atoms with van der Waals surface area (Å²) in [6.07, 6.45) is 3.41. The summed E-state index contributed by atoms with van der Waals surface area (Å²) in [5.74, 6) is 2.38. The summed E-state index contributed by atoms with van der Waals surface area (Å²) in [6, 6.07) is 7.55. The lowest BCUT2D eigenvalue weighted by Gasteiger charge is -2.21. The van der Waals surface area contributed by atoms with E-state index in [9.17, 15) is 4.79 Å². The SMILES string of the molecule is CCOc1ccc(N(CC)C(=O)c2nc(C3CCC3)oc2C)cc1. The van der Waals surface area contributed by atoms with E-state index in [0.29, 0.717) is 36.4 Å². The predicted molar refractivity (Wildman–Crippen MR) is 92.8 cm³/mol. The number of oxazole rings is 1. The molecule has 0 unspecified atom stereocenters. The van der Waals surface area contributed by atoms with Gasteiger partial charge in [-0.05, 0) is 57.9 Å². The number of carbonyl (C=O) groups excluding carboxylic acids is 1. The smallest absolute Gasteiger partial charge is 0.280 e. The van der Waals surface area contributed by atoms with Crippen molar-refractivity contribution in [2.24, 2.45) is 0 Å². The molecule has 1 heterocycles. The number of benzene rings is 1. The topological polar surface area (TPSA) is 55.6 Å². The van der Waals surface area contributed by atoms with Gasteiger partial charge in [-0.3, -0.25) is 4.79 Å². The highest BCUT2D eigenvalue weighted by Crippen LogP contribution is 2.36. The molecular formula is C19H24N2O3. The molecule has 3 rings (SSSR count). The van der Waals surface area contributed by atoms with Gasteiger partial charge in [-0.2, -0.15) is 0 Å². The molecule has 0 atom stereocenters. The van der Waals surface area contributed by atoms with Crippen molar-refractivity contribution in [1.29, 1.82) is 0 Å². The van der Waals surface area contributed by atoms with Crippen LogP contribution in [0.4, 0.5) is 5.69 Å². The Bertz CT molecular complexity index is 702. The minimum absolute atomic E-state index is 0.117. The van der Waals surface area contributed by atoms with E-state index in [1.165, 1.54) is 6.42 Å². The van der Waals surface area contributed by atoms with Crippen LogP contribution in [0.25, 0.3) is 0 Å². The monoisotopic (exact) mass is 328 g/mol. The Morgan fingerprint density at radius 2 is 2.00 bits per heavy atom. The molecule has 1 amide bonds. The number of hydrogen-bond donors (Lipinski definition) is 0. The first-order valence-electron chi connectivity index (χ1n) is 8.66. The molecule has 1 aromatic heterocycles. The average molecular weight is 328 g/mol. The molecule has 1 aromatic carbocycles. The van der Waals surface area contributed by atoms with Gasteiger partial charge in [0.25, 0.3) is 5.91 Å². The number of hydrogen-bond acceptors (Lipinski definition) is 4. The summed E-state index contributed by atoms with van der Waals surface area (Å²) in [4.78, 5) is 19.1. The van der Waals surface area contributed by atoms with Gasteiger partial charge in [0.05, 0.1) is 6.61 Å². The lowest BCUT2D eigenvalue weighted by Crippen LogP contribution is -2.31. The largest absolute Gasteiger partial charge is 0.494 e. The number of anilines is 1. The first-order chi connectivity index (χ1) is 11.6. The predicted octanol–water partition coefficient (Wildman–Crippen LogP) is 4.32. The number of carbonyl (C=O) groups is 1. The molecular weight excluding hydrogens is 304 g/mol. The fraction of sp³-hybridized carbons (Fsp3) is 0.474. The second-order valence-corrected chi connectivity index (χ2v) is 6.06.